The van der Waals surface area contributed by atoms with Crippen molar-refractivity contribution in [2.24, 2.45) is 0 Å². The van der Waals surface area contributed by atoms with Crippen LogP contribution in [0, 0.1) is 20.8 Å². The summed E-state index contributed by atoms with van der Waals surface area (Å²) >= 11 is 0. The molecule has 0 saturated heterocycles. The molecule has 0 saturated carbocycles. The first-order valence-corrected chi connectivity index (χ1v) is 7.33. The van der Waals surface area contributed by atoms with Gasteiger partial charge in [0.2, 0.25) is 0 Å². The van der Waals surface area contributed by atoms with Gasteiger partial charge in [-0.3, -0.25) is 0 Å². The van der Waals surface area contributed by atoms with E-state index < -0.39 is 0 Å². The maximum absolute atomic E-state index is 5.81. The van der Waals surface area contributed by atoms with Gasteiger partial charge in [0.15, 0.2) is 0 Å². The molecule has 1 atom stereocenters. The summed E-state index contributed by atoms with van der Waals surface area (Å²) in [6.45, 7) is 8.97. The third-order valence-electron chi connectivity index (χ3n) is 4.03. The third-order valence-corrected chi connectivity index (χ3v) is 4.03. The van der Waals surface area contributed by atoms with Crippen molar-refractivity contribution < 1.29 is 8.83 Å². The predicted molar refractivity (Wildman–Crippen MR) is 84.4 cm³/mol. The molecular weight excluding hydrogens is 262 g/mol. The molecule has 0 fully saturated rings. The second kappa shape index (κ2) is 5.41. The van der Waals surface area contributed by atoms with Crippen LogP contribution in [0.4, 0.5) is 0 Å². The lowest BCUT2D eigenvalue weighted by Crippen LogP contribution is -2.18. The molecule has 0 aliphatic heterocycles. The minimum absolute atomic E-state index is 0.246. The number of hydrogen-bond acceptors (Lipinski definition) is 3. The average Bonchev–Trinajstić information content (AvgIpc) is 2.95. The molecule has 0 amide bonds. The summed E-state index contributed by atoms with van der Waals surface area (Å²) in [6, 6.07) is 10.5. The number of nitrogens with one attached hydrogen (secondary N) is 1. The van der Waals surface area contributed by atoms with Gasteiger partial charge in [-0.1, -0.05) is 18.2 Å². The lowest BCUT2D eigenvalue weighted by atomic mass is 10.1. The second-order valence-electron chi connectivity index (χ2n) is 5.60. The second-order valence-corrected chi connectivity index (χ2v) is 5.60. The Labute approximate surface area is 124 Å². The Morgan fingerprint density at radius 1 is 1.05 bits per heavy atom. The molecule has 3 aromatic rings. The number of benzene rings is 1. The molecule has 3 rings (SSSR count). The van der Waals surface area contributed by atoms with Crippen LogP contribution >= 0.6 is 0 Å². The molecule has 0 aliphatic rings. The highest BCUT2D eigenvalue weighted by molar-refractivity contribution is 5.82. The Bertz CT molecular complexity index is 767. The highest BCUT2D eigenvalue weighted by atomic mass is 16.3. The standard InChI is InChI=1S/C18H21NO2/c1-11-9-16(13(3)20-11)12(2)19-10-17-14(4)21-18-8-6-5-7-15(17)18/h5-9,12,19H,10H2,1-4H3. The fourth-order valence-electron chi connectivity index (χ4n) is 2.89. The minimum Gasteiger partial charge on any atom is -0.466 e. The quantitative estimate of drug-likeness (QED) is 0.747. The molecule has 1 aromatic carbocycles. The lowest BCUT2D eigenvalue weighted by molar-refractivity contribution is 0.488. The van der Waals surface area contributed by atoms with E-state index in [1.165, 1.54) is 16.5 Å². The van der Waals surface area contributed by atoms with Gasteiger partial charge in [-0.05, 0) is 39.8 Å². The van der Waals surface area contributed by atoms with Crippen LogP contribution in [0.5, 0.6) is 0 Å². The molecular formula is C18H21NO2. The zero-order valence-corrected chi connectivity index (χ0v) is 13.0. The summed E-state index contributed by atoms with van der Waals surface area (Å²) in [6.07, 6.45) is 0. The van der Waals surface area contributed by atoms with Gasteiger partial charge in [0.25, 0.3) is 0 Å². The molecule has 3 nitrogen and oxygen atoms in total. The van der Waals surface area contributed by atoms with Crippen LogP contribution in [0.1, 0.15) is 41.4 Å². The van der Waals surface area contributed by atoms with Gasteiger partial charge in [-0.2, -0.15) is 0 Å². The number of hydrogen-bond donors (Lipinski definition) is 1. The molecule has 2 heterocycles. The SMILES string of the molecule is Cc1cc(C(C)NCc2c(C)oc3ccccc23)c(C)o1. The molecule has 0 aliphatic carbocycles. The summed E-state index contributed by atoms with van der Waals surface area (Å²) in [4.78, 5) is 0. The van der Waals surface area contributed by atoms with Crippen molar-refractivity contribution in [3.63, 3.8) is 0 Å². The number of furan rings is 2. The van der Waals surface area contributed by atoms with Crippen LogP contribution in [0.3, 0.4) is 0 Å². The summed E-state index contributed by atoms with van der Waals surface area (Å²) < 4.78 is 11.4. The van der Waals surface area contributed by atoms with Crippen molar-refractivity contribution in [2.75, 3.05) is 0 Å². The fourth-order valence-corrected chi connectivity index (χ4v) is 2.89. The fraction of sp³-hybridized carbons (Fsp3) is 0.333. The normalized spacial score (nSPS) is 13.0. The molecule has 1 N–H and O–H groups in total. The van der Waals surface area contributed by atoms with Crippen molar-refractivity contribution >= 4 is 11.0 Å². The minimum atomic E-state index is 0.246. The van der Waals surface area contributed by atoms with Crippen molar-refractivity contribution in [2.45, 2.75) is 40.3 Å². The maximum atomic E-state index is 5.81. The van der Waals surface area contributed by atoms with Gasteiger partial charge in [-0.15, -0.1) is 0 Å². The van der Waals surface area contributed by atoms with E-state index in [-0.39, 0.29) is 6.04 Å². The Morgan fingerprint density at radius 2 is 1.81 bits per heavy atom. The predicted octanol–water partition coefficient (Wildman–Crippen LogP) is 4.80. The van der Waals surface area contributed by atoms with E-state index in [4.69, 9.17) is 8.83 Å². The Kier molecular flexibility index (Phi) is 3.60. The van der Waals surface area contributed by atoms with Gasteiger partial charge in [0.05, 0.1) is 0 Å². The van der Waals surface area contributed by atoms with Crippen LogP contribution < -0.4 is 5.32 Å². The monoisotopic (exact) mass is 283 g/mol. The van der Waals surface area contributed by atoms with Crippen molar-refractivity contribution in [3.8, 4) is 0 Å². The van der Waals surface area contributed by atoms with Crippen LogP contribution in [-0.2, 0) is 6.54 Å². The van der Waals surface area contributed by atoms with E-state index in [0.717, 1.165) is 29.4 Å². The zero-order chi connectivity index (χ0) is 15.0. The van der Waals surface area contributed by atoms with Crippen molar-refractivity contribution in [3.05, 3.63) is 58.7 Å². The van der Waals surface area contributed by atoms with Gasteiger partial charge >= 0.3 is 0 Å². The van der Waals surface area contributed by atoms with E-state index in [9.17, 15) is 0 Å². The number of fused-ring (bicyclic) bond motifs is 1. The first-order valence-electron chi connectivity index (χ1n) is 7.33. The smallest absolute Gasteiger partial charge is 0.134 e. The molecule has 0 spiro atoms. The molecule has 1 unspecified atom stereocenters. The van der Waals surface area contributed by atoms with Gasteiger partial charge in [0, 0.05) is 29.1 Å². The molecule has 0 radical (unpaired) electrons. The first kappa shape index (κ1) is 14.0. The van der Waals surface area contributed by atoms with Gasteiger partial charge in [-0.25, -0.2) is 0 Å². The van der Waals surface area contributed by atoms with Crippen LogP contribution in [-0.4, -0.2) is 0 Å². The summed E-state index contributed by atoms with van der Waals surface area (Å²) in [5.41, 5.74) is 3.41. The lowest BCUT2D eigenvalue weighted by Gasteiger charge is -2.13. The van der Waals surface area contributed by atoms with E-state index in [0.29, 0.717) is 0 Å². The van der Waals surface area contributed by atoms with Crippen molar-refractivity contribution in [1.82, 2.24) is 5.32 Å². The Hall–Kier alpha value is -2.00. The van der Waals surface area contributed by atoms with Gasteiger partial charge < -0.3 is 14.2 Å². The van der Waals surface area contributed by atoms with E-state index in [1.807, 2.05) is 39.0 Å². The molecule has 2 aromatic heterocycles. The van der Waals surface area contributed by atoms with Crippen LogP contribution in [0.15, 0.2) is 39.2 Å². The van der Waals surface area contributed by atoms with E-state index in [2.05, 4.69) is 24.4 Å². The first-order chi connectivity index (χ1) is 10.1. The largest absolute Gasteiger partial charge is 0.466 e. The van der Waals surface area contributed by atoms with Crippen molar-refractivity contribution in [1.29, 1.82) is 0 Å². The number of para-hydroxylation sites is 1. The van der Waals surface area contributed by atoms with E-state index in [1.54, 1.807) is 0 Å². The van der Waals surface area contributed by atoms with Crippen LogP contribution in [0.25, 0.3) is 11.0 Å². The Morgan fingerprint density at radius 3 is 2.52 bits per heavy atom. The molecule has 0 bridgehead atoms. The zero-order valence-electron chi connectivity index (χ0n) is 13.0. The van der Waals surface area contributed by atoms with Gasteiger partial charge in [0.1, 0.15) is 22.9 Å². The summed E-state index contributed by atoms with van der Waals surface area (Å²) in [5, 5.41) is 4.76. The summed E-state index contributed by atoms with van der Waals surface area (Å²) in [5.74, 6) is 2.93. The topological polar surface area (TPSA) is 38.3 Å². The Balaban J connectivity index is 1.80. The molecule has 110 valence electrons. The molecule has 21 heavy (non-hydrogen) atoms. The number of aryl methyl sites for hydroxylation is 3. The average molecular weight is 283 g/mol. The molecule has 3 heteroatoms. The number of rotatable bonds is 4. The highest BCUT2D eigenvalue weighted by Crippen LogP contribution is 2.26. The summed E-state index contributed by atoms with van der Waals surface area (Å²) in [7, 11) is 0. The third kappa shape index (κ3) is 2.61. The van der Waals surface area contributed by atoms with Crippen LogP contribution in [0.2, 0.25) is 0 Å². The highest BCUT2D eigenvalue weighted by Gasteiger charge is 2.15. The van der Waals surface area contributed by atoms with E-state index >= 15 is 0 Å². The maximum Gasteiger partial charge on any atom is 0.134 e.